The highest BCUT2D eigenvalue weighted by Crippen LogP contribution is 2.48. The van der Waals surface area contributed by atoms with Gasteiger partial charge in [-0.3, -0.25) is 0 Å². The molecule has 2 nitrogen and oxygen atoms in total. The van der Waals surface area contributed by atoms with Crippen LogP contribution in [-0.2, 0) is 6.54 Å². The molecule has 0 saturated heterocycles. The Labute approximate surface area is 139 Å². The van der Waals surface area contributed by atoms with Crippen LogP contribution in [0.3, 0.4) is 0 Å². The summed E-state index contributed by atoms with van der Waals surface area (Å²) < 4.78 is 0. The third-order valence-corrected chi connectivity index (χ3v) is 3.95. The van der Waals surface area contributed by atoms with E-state index in [1.807, 2.05) is 6.07 Å². The van der Waals surface area contributed by atoms with Crippen molar-refractivity contribution in [1.82, 2.24) is 5.32 Å². The molecule has 1 aliphatic rings. The van der Waals surface area contributed by atoms with Crippen molar-refractivity contribution in [2.45, 2.75) is 24.4 Å². The quantitative estimate of drug-likeness (QED) is 0.883. The molecule has 114 valence electrons. The van der Waals surface area contributed by atoms with E-state index in [9.17, 15) is 0 Å². The van der Waals surface area contributed by atoms with Crippen LogP contribution in [0.5, 0.6) is 0 Å². The summed E-state index contributed by atoms with van der Waals surface area (Å²) in [6, 6.07) is 21.0. The Morgan fingerprint density at radius 2 is 1.52 bits per heavy atom. The number of halogens is 2. The lowest BCUT2D eigenvalue weighted by Gasteiger charge is -2.13. The van der Waals surface area contributed by atoms with Gasteiger partial charge in [0.05, 0.1) is 0 Å². The molecule has 2 atom stereocenters. The first kappa shape index (κ1) is 18.0. The molecule has 0 unspecified atom stereocenters. The van der Waals surface area contributed by atoms with Crippen molar-refractivity contribution in [2.75, 3.05) is 6.54 Å². The maximum atomic E-state index is 6.42. The summed E-state index contributed by atoms with van der Waals surface area (Å²) in [6.45, 7) is 1.77. The molecule has 1 fully saturated rings. The number of nitrogens with one attached hydrogen (secondary N) is 1. The first-order chi connectivity index (χ1) is 9.28. The molecule has 0 spiro atoms. The summed E-state index contributed by atoms with van der Waals surface area (Å²) in [5.74, 6) is 0.511. The molecule has 2 aromatic rings. The standard InChI is InChI=1S/C17H20N2.2ClH/c18-17(11-16(17)15-9-5-2-6-10-15)13-19-12-14-7-3-1-4-8-14;;/h1-10,16,19H,11-13,18H2;2*1H/t16-,17+;;/m1../s1. The highest BCUT2D eigenvalue weighted by molar-refractivity contribution is 5.85. The predicted octanol–water partition coefficient (Wildman–Crippen LogP) is 3.50. The zero-order valence-corrected chi connectivity index (χ0v) is 13.5. The van der Waals surface area contributed by atoms with Gasteiger partial charge in [0.15, 0.2) is 0 Å². The minimum atomic E-state index is -0.0594. The van der Waals surface area contributed by atoms with Gasteiger partial charge in [0.25, 0.3) is 0 Å². The van der Waals surface area contributed by atoms with Gasteiger partial charge in [-0.1, -0.05) is 60.7 Å². The molecule has 21 heavy (non-hydrogen) atoms. The van der Waals surface area contributed by atoms with E-state index in [1.54, 1.807) is 0 Å². The maximum absolute atomic E-state index is 6.42. The third kappa shape index (κ3) is 4.45. The van der Waals surface area contributed by atoms with Gasteiger partial charge in [-0.05, 0) is 17.5 Å². The van der Waals surface area contributed by atoms with Gasteiger partial charge < -0.3 is 11.1 Å². The van der Waals surface area contributed by atoms with Crippen LogP contribution in [0.15, 0.2) is 60.7 Å². The fourth-order valence-electron chi connectivity index (χ4n) is 2.69. The summed E-state index contributed by atoms with van der Waals surface area (Å²) in [4.78, 5) is 0. The first-order valence-electron chi connectivity index (χ1n) is 6.86. The monoisotopic (exact) mass is 324 g/mol. The lowest BCUT2D eigenvalue weighted by Crippen LogP contribution is -2.37. The van der Waals surface area contributed by atoms with Crippen molar-refractivity contribution in [1.29, 1.82) is 0 Å². The summed E-state index contributed by atoms with van der Waals surface area (Å²) in [7, 11) is 0. The Morgan fingerprint density at radius 1 is 0.952 bits per heavy atom. The second kappa shape index (κ2) is 7.81. The van der Waals surface area contributed by atoms with Crippen LogP contribution < -0.4 is 11.1 Å². The van der Waals surface area contributed by atoms with E-state index >= 15 is 0 Å². The van der Waals surface area contributed by atoms with Crippen molar-refractivity contribution in [2.24, 2.45) is 5.73 Å². The Kier molecular flexibility index (Phi) is 6.69. The summed E-state index contributed by atoms with van der Waals surface area (Å²) in [5, 5.41) is 3.48. The highest BCUT2D eigenvalue weighted by Gasteiger charge is 2.51. The Morgan fingerprint density at radius 3 is 2.14 bits per heavy atom. The Hall–Kier alpha value is -1.06. The van der Waals surface area contributed by atoms with E-state index in [2.05, 4.69) is 59.9 Å². The van der Waals surface area contributed by atoms with Crippen LogP contribution in [0.25, 0.3) is 0 Å². The van der Waals surface area contributed by atoms with Gasteiger partial charge in [-0.25, -0.2) is 0 Å². The molecule has 2 aromatic carbocycles. The van der Waals surface area contributed by atoms with Gasteiger partial charge in [0.1, 0.15) is 0 Å². The van der Waals surface area contributed by atoms with Crippen LogP contribution in [0, 0.1) is 0 Å². The molecule has 0 aliphatic heterocycles. The van der Waals surface area contributed by atoms with Crippen LogP contribution in [0.4, 0.5) is 0 Å². The van der Waals surface area contributed by atoms with E-state index in [0.717, 1.165) is 19.5 Å². The zero-order chi connectivity index (χ0) is 13.1. The highest BCUT2D eigenvalue weighted by atomic mass is 35.5. The maximum Gasteiger partial charge on any atom is 0.0357 e. The Bertz CT molecular complexity index is 533. The van der Waals surface area contributed by atoms with Crippen LogP contribution in [0.1, 0.15) is 23.5 Å². The molecule has 3 rings (SSSR count). The number of benzene rings is 2. The van der Waals surface area contributed by atoms with Gasteiger partial charge in [0.2, 0.25) is 0 Å². The van der Waals surface area contributed by atoms with Crippen molar-refractivity contribution in [3.63, 3.8) is 0 Å². The average molecular weight is 325 g/mol. The average Bonchev–Trinajstić information content (AvgIpc) is 3.13. The molecule has 3 N–H and O–H groups in total. The summed E-state index contributed by atoms with van der Waals surface area (Å²) in [5.41, 5.74) is 9.04. The molecule has 1 saturated carbocycles. The molecular weight excluding hydrogens is 303 g/mol. The fourth-order valence-corrected chi connectivity index (χ4v) is 2.69. The minimum Gasteiger partial charge on any atom is -0.323 e. The van der Waals surface area contributed by atoms with Gasteiger partial charge in [0, 0.05) is 24.5 Å². The van der Waals surface area contributed by atoms with Crippen LogP contribution in [-0.4, -0.2) is 12.1 Å². The number of hydrogen-bond acceptors (Lipinski definition) is 2. The second-order valence-corrected chi connectivity index (χ2v) is 5.49. The van der Waals surface area contributed by atoms with Crippen molar-refractivity contribution < 1.29 is 0 Å². The molecule has 4 heteroatoms. The molecule has 0 amide bonds. The predicted molar refractivity (Wildman–Crippen MR) is 93.4 cm³/mol. The minimum absolute atomic E-state index is 0. The zero-order valence-electron chi connectivity index (χ0n) is 11.9. The number of hydrogen-bond donors (Lipinski definition) is 2. The third-order valence-electron chi connectivity index (χ3n) is 3.95. The second-order valence-electron chi connectivity index (χ2n) is 5.49. The largest absolute Gasteiger partial charge is 0.323 e. The van der Waals surface area contributed by atoms with E-state index in [1.165, 1.54) is 11.1 Å². The first-order valence-corrected chi connectivity index (χ1v) is 6.86. The van der Waals surface area contributed by atoms with E-state index in [4.69, 9.17) is 5.73 Å². The van der Waals surface area contributed by atoms with Crippen LogP contribution in [0.2, 0.25) is 0 Å². The van der Waals surface area contributed by atoms with Gasteiger partial charge in [-0.15, -0.1) is 24.8 Å². The van der Waals surface area contributed by atoms with E-state index in [0.29, 0.717) is 5.92 Å². The topological polar surface area (TPSA) is 38.0 Å². The molecule has 0 heterocycles. The van der Waals surface area contributed by atoms with Crippen molar-refractivity contribution in [3.8, 4) is 0 Å². The normalized spacial score (nSPS) is 22.8. The summed E-state index contributed by atoms with van der Waals surface area (Å²) >= 11 is 0. The smallest absolute Gasteiger partial charge is 0.0357 e. The molecule has 0 bridgehead atoms. The fraction of sp³-hybridized carbons (Fsp3) is 0.294. The van der Waals surface area contributed by atoms with E-state index in [-0.39, 0.29) is 30.4 Å². The lowest BCUT2D eigenvalue weighted by molar-refractivity contribution is 0.555. The Balaban J connectivity index is 0.00000110. The SMILES string of the molecule is Cl.Cl.N[C@]1(CNCc2ccccc2)C[C@@H]1c1ccccc1. The van der Waals surface area contributed by atoms with Crippen LogP contribution >= 0.6 is 24.8 Å². The molecular formula is C17H22Cl2N2. The number of rotatable bonds is 5. The van der Waals surface area contributed by atoms with Crippen molar-refractivity contribution >= 4 is 24.8 Å². The summed E-state index contributed by atoms with van der Waals surface area (Å²) in [6.07, 6.45) is 1.08. The number of nitrogens with two attached hydrogens (primary N) is 1. The van der Waals surface area contributed by atoms with Gasteiger partial charge in [-0.2, -0.15) is 0 Å². The van der Waals surface area contributed by atoms with E-state index < -0.39 is 0 Å². The molecule has 0 radical (unpaired) electrons. The van der Waals surface area contributed by atoms with Gasteiger partial charge >= 0.3 is 0 Å². The molecule has 1 aliphatic carbocycles. The van der Waals surface area contributed by atoms with Crippen molar-refractivity contribution in [3.05, 3.63) is 71.8 Å². The lowest BCUT2D eigenvalue weighted by atomic mass is 10.1. The molecule has 0 aromatic heterocycles.